The Hall–Kier alpha value is -3.51. The van der Waals surface area contributed by atoms with Gasteiger partial charge in [-0.05, 0) is 53.8 Å². The lowest BCUT2D eigenvalue weighted by molar-refractivity contribution is -0.141. The maximum Gasteiger partial charge on any atom is 0.240 e. The fourth-order valence-electron chi connectivity index (χ4n) is 4.32. The smallest absolute Gasteiger partial charge is 0.240 e. The van der Waals surface area contributed by atoms with E-state index in [-0.39, 0.29) is 17.9 Å². The summed E-state index contributed by atoms with van der Waals surface area (Å²) in [6.07, 6.45) is 4.30. The van der Waals surface area contributed by atoms with Crippen LogP contribution in [0.1, 0.15) is 25.0 Å². The third kappa shape index (κ3) is 5.65. The first-order chi connectivity index (χ1) is 16.0. The Kier molecular flexibility index (Phi) is 7.15. The standard InChI is InChI=1S/C27H30N4O2/c1-3-30-15-16-31(19-22-8-12-25(13-9-22)29-20(2)32)26(27(30)33)17-21-6-10-23(11-7-21)24-5-4-14-28-18-24/h4-14,18,26H,3,15-17,19H2,1-2H3,(H,29,32). The van der Waals surface area contributed by atoms with Gasteiger partial charge in [0.1, 0.15) is 0 Å². The molecular formula is C27H30N4O2. The summed E-state index contributed by atoms with van der Waals surface area (Å²) in [6, 6.07) is 20.1. The molecule has 0 aliphatic carbocycles. The molecule has 2 heterocycles. The molecule has 1 N–H and O–H groups in total. The van der Waals surface area contributed by atoms with E-state index in [4.69, 9.17) is 0 Å². The number of likely N-dealkylation sites (N-methyl/N-ethyl adjacent to an activating group) is 1. The first kappa shape index (κ1) is 22.7. The average Bonchev–Trinajstić information content (AvgIpc) is 2.83. The molecule has 2 amide bonds. The van der Waals surface area contributed by atoms with Crippen molar-refractivity contribution in [2.75, 3.05) is 25.0 Å². The number of carbonyl (C=O) groups excluding carboxylic acids is 2. The molecule has 6 nitrogen and oxygen atoms in total. The number of pyridine rings is 1. The van der Waals surface area contributed by atoms with E-state index in [0.29, 0.717) is 13.0 Å². The fourth-order valence-corrected chi connectivity index (χ4v) is 4.32. The zero-order valence-corrected chi connectivity index (χ0v) is 19.2. The second kappa shape index (κ2) is 10.4. The molecule has 2 aromatic carbocycles. The van der Waals surface area contributed by atoms with Gasteiger partial charge in [-0.25, -0.2) is 0 Å². The lowest BCUT2D eigenvalue weighted by Gasteiger charge is -2.40. The second-order valence-electron chi connectivity index (χ2n) is 8.43. The molecule has 0 radical (unpaired) electrons. The van der Waals surface area contributed by atoms with E-state index in [1.54, 1.807) is 6.20 Å². The number of rotatable bonds is 7. The van der Waals surface area contributed by atoms with Crippen LogP contribution in [0.2, 0.25) is 0 Å². The van der Waals surface area contributed by atoms with Gasteiger partial charge < -0.3 is 10.2 Å². The van der Waals surface area contributed by atoms with Gasteiger partial charge in [-0.2, -0.15) is 0 Å². The number of hydrogen-bond donors (Lipinski definition) is 1. The highest BCUT2D eigenvalue weighted by atomic mass is 16.2. The molecule has 3 aromatic rings. The zero-order chi connectivity index (χ0) is 23.2. The van der Waals surface area contributed by atoms with Crippen LogP contribution in [0.3, 0.4) is 0 Å². The first-order valence-corrected chi connectivity index (χ1v) is 11.4. The molecule has 1 unspecified atom stereocenters. The van der Waals surface area contributed by atoms with Crippen LogP contribution in [0.25, 0.3) is 11.1 Å². The van der Waals surface area contributed by atoms with Crippen molar-refractivity contribution in [1.82, 2.24) is 14.8 Å². The molecule has 1 fully saturated rings. The quantitative estimate of drug-likeness (QED) is 0.601. The highest BCUT2D eigenvalue weighted by Gasteiger charge is 2.34. The summed E-state index contributed by atoms with van der Waals surface area (Å²) in [4.78, 5) is 32.9. The van der Waals surface area contributed by atoms with Gasteiger partial charge in [-0.15, -0.1) is 0 Å². The van der Waals surface area contributed by atoms with Gasteiger partial charge in [0.15, 0.2) is 0 Å². The maximum absolute atomic E-state index is 13.3. The van der Waals surface area contributed by atoms with E-state index in [9.17, 15) is 9.59 Å². The zero-order valence-electron chi connectivity index (χ0n) is 19.2. The van der Waals surface area contributed by atoms with Crippen molar-refractivity contribution >= 4 is 17.5 Å². The molecule has 0 spiro atoms. The van der Waals surface area contributed by atoms with Crippen molar-refractivity contribution < 1.29 is 9.59 Å². The van der Waals surface area contributed by atoms with Gasteiger partial charge in [0.2, 0.25) is 11.8 Å². The number of nitrogens with one attached hydrogen (secondary N) is 1. The SMILES string of the molecule is CCN1CCN(Cc2ccc(NC(C)=O)cc2)C(Cc2ccc(-c3cccnc3)cc2)C1=O. The predicted octanol–water partition coefficient (Wildman–Crippen LogP) is 3.98. The molecule has 6 heteroatoms. The highest BCUT2D eigenvalue weighted by molar-refractivity contribution is 5.88. The number of anilines is 1. The van der Waals surface area contributed by atoms with Crippen molar-refractivity contribution in [3.63, 3.8) is 0 Å². The number of aromatic nitrogens is 1. The van der Waals surface area contributed by atoms with Crippen LogP contribution < -0.4 is 5.32 Å². The van der Waals surface area contributed by atoms with E-state index < -0.39 is 0 Å². The molecule has 0 saturated carbocycles. The summed E-state index contributed by atoms with van der Waals surface area (Å²) >= 11 is 0. The second-order valence-corrected chi connectivity index (χ2v) is 8.43. The fraction of sp³-hybridized carbons (Fsp3) is 0.296. The van der Waals surface area contributed by atoms with Gasteiger partial charge in [-0.3, -0.25) is 19.5 Å². The average molecular weight is 443 g/mol. The Balaban J connectivity index is 1.50. The van der Waals surface area contributed by atoms with Gasteiger partial charge >= 0.3 is 0 Å². The van der Waals surface area contributed by atoms with Gasteiger partial charge in [-0.1, -0.05) is 42.5 Å². The molecule has 33 heavy (non-hydrogen) atoms. The van der Waals surface area contributed by atoms with Crippen molar-refractivity contribution in [3.8, 4) is 11.1 Å². The third-order valence-electron chi connectivity index (χ3n) is 6.11. The third-order valence-corrected chi connectivity index (χ3v) is 6.11. The summed E-state index contributed by atoms with van der Waals surface area (Å²) in [5.74, 6) is 0.105. The monoisotopic (exact) mass is 442 g/mol. The minimum atomic E-state index is -0.196. The van der Waals surface area contributed by atoms with Gasteiger partial charge in [0, 0.05) is 51.2 Å². The molecule has 0 bridgehead atoms. The van der Waals surface area contributed by atoms with Crippen molar-refractivity contribution in [1.29, 1.82) is 0 Å². The lowest BCUT2D eigenvalue weighted by atomic mass is 9.98. The van der Waals surface area contributed by atoms with Crippen LogP contribution in [0.15, 0.2) is 73.1 Å². The van der Waals surface area contributed by atoms with Crippen LogP contribution in [0.5, 0.6) is 0 Å². The van der Waals surface area contributed by atoms with Crippen LogP contribution in [0, 0.1) is 0 Å². The van der Waals surface area contributed by atoms with E-state index in [2.05, 4.69) is 39.5 Å². The number of piperazine rings is 1. The number of hydrogen-bond acceptors (Lipinski definition) is 4. The van der Waals surface area contributed by atoms with Crippen molar-refractivity contribution in [2.24, 2.45) is 0 Å². The highest BCUT2D eigenvalue weighted by Crippen LogP contribution is 2.23. The van der Waals surface area contributed by atoms with Crippen molar-refractivity contribution in [3.05, 3.63) is 84.2 Å². The van der Waals surface area contributed by atoms with Crippen LogP contribution in [-0.4, -0.2) is 52.3 Å². The minimum Gasteiger partial charge on any atom is -0.340 e. The number of benzene rings is 2. The van der Waals surface area contributed by atoms with Crippen LogP contribution in [-0.2, 0) is 22.6 Å². The minimum absolute atomic E-state index is 0.0846. The number of nitrogens with zero attached hydrogens (tertiary/aromatic N) is 3. The molecule has 170 valence electrons. The topological polar surface area (TPSA) is 65.5 Å². The Bertz CT molecular complexity index is 1080. The molecule has 1 aliphatic rings. The Morgan fingerprint density at radius 1 is 1.00 bits per heavy atom. The molecular weight excluding hydrogens is 412 g/mol. The van der Waals surface area contributed by atoms with Gasteiger partial charge in [0.05, 0.1) is 6.04 Å². The first-order valence-electron chi connectivity index (χ1n) is 11.4. The van der Waals surface area contributed by atoms with E-state index in [1.165, 1.54) is 6.92 Å². The molecule has 1 aromatic heterocycles. The molecule has 1 atom stereocenters. The van der Waals surface area contributed by atoms with Crippen LogP contribution >= 0.6 is 0 Å². The summed E-state index contributed by atoms with van der Waals surface area (Å²) in [5, 5.41) is 2.80. The summed E-state index contributed by atoms with van der Waals surface area (Å²) in [6.45, 7) is 6.55. The molecule has 1 aliphatic heterocycles. The summed E-state index contributed by atoms with van der Waals surface area (Å²) in [5.41, 5.74) is 5.25. The van der Waals surface area contributed by atoms with E-state index in [1.807, 2.05) is 54.4 Å². The Morgan fingerprint density at radius 2 is 1.73 bits per heavy atom. The Labute approximate surface area is 195 Å². The number of amides is 2. The molecule has 1 saturated heterocycles. The molecule has 4 rings (SSSR count). The van der Waals surface area contributed by atoms with Gasteiger partial charge in [0.25, 0.3) is 0 Å². The summed E-state index contributed by atoms with van der Waals surface area (Å²) < 4.78 is 0. The van der Waals surface area contributed by atoms with Crippen molar-refractivity contribution in [2.45, 2.75) is 32.9 Å². The number of carbonyl (C=O) groups is 2. The predicted molar refractivity (Wildman–Crippen MR) is 131 cm³/mol. The summed E-state index contributed by atoms with van der Waals surface area (Å²) in [7, 11) is 0. The largest absolute Gasteiger partial charge is 0.340 e. The van der Waals surface area contributed by atoms with Crippen LogP contribution in [0.4, 0.5) is 5.69 Å². The Morgan fingerprint density at radius 3 is 2.36 bits per heavy atom. The maximum atomic E-state index is 13.3. The normalized spacial score (nSPS) is 16.6. The lowest BCUT2D eigenvalue weighted by Crippen LogP contribution is -2.57. The van der Waals surface area contributed by atoms with E-state index >= 15 is 0 Å². The van der Waals surface area contributed by atoms with E-state index in [0.717, 1.165) is 47.6 Å².